The van der Waals surface area contributed by atoms with Crippen LogP contribution in [0.1, 0.15) is 5.69 Å². The van der Waals surface area contributed by atoms with Gasteiger partial charge in [-0.2, -0.15) is 0 Å². The van der Waals surface area contributed by atoms with E-state index >= 15 is 0 Å². The van der Waals surface area contributed by atoms with E-state index in [1.165, 1.54) is 0 Å². The Morgan fingerprint density at radius 3 is 2.78 bits per heavy atom. The molecule has 0 saturated heterocycles. The van der Waals surface area contributed by atoms with Crippen molar-refractivity contribution in [3.05, 3.63) is 35.1 Å². The molecule has 0 aliphatic heterocycles. The Balaban J connectivity index is 2.54. The molecule has 0 amide bonds. The Hall–Kier alpha value is -1.52. The van der Waals surface area contributed by atoms with Crippen molar-refractivity contribution in [2.75, 3.05) is 13.7 Å². The number of ether oxygens (including phenoxy) is 1. The zero-order valence-electron chi connectivity index (χ0n) is 10.4. The molecule has 1 N–H and O–H groups in total. The summed E-state index contributed by atoms with van der Waals surface area (Å²) in [6.45, 7) is 0.0462. The normalized spacial score (nSPS) is 10.7. The molecule has 0 unspecified atom stereocenters. The van der Waals surface area contributed by atoms with Gasteiger partial charge < -0.3 is 14.4 Å². The summed E-state index contributed by atoms with van der Waals surface area (Å²) in [5.41, 5.74) is 1.70. The predicted octanol–water partition coefficient (Wildman–Crippen LogP) is 2.28. The van der Waals surface area contributed by atoms with Crippen LogP contribution in [0.5, 0.6) is 5.75 Å². The van der Waals surface area contributed by atoms with Crippen molar-refractivity contribution in [3.8, 4) is 17.1 Å². The largest absolute Gasteiger partial charge is 0.496 e. The van der Waals surface area contributed by atoms with E-state index in [4.69, 9.17) is 21.4 Å². The molecule has 0 spiro atoms. The van der Waals surface area contributed by atoms with Crippen molar-refractivity contribution in [1.82, 2.24) is 9.55 Å². The van der Waals surface area contributed by atoms with E-state index in [9.17, 15) is 0 Å². The first kappa shape index (κ1) is 12.9. The molecule has 2 rings (SSSR count). The molecule has 0 bridgehead atoms. The Kier molecular flexibility index (Phi) is 3.89. The fraction of sp³-hybridized carbons (Fsp3) is 0.308. The minimum atomic E-state index is 0.0462. The van der Waals surface area contributed by atoms with E-state index in [2.05, 4.69) is 4.98 Å². The second kappa shape index (κ2) is 5.42. The number of para-hydroxylation sites is 1. The van der Waals surface area contributed by atoms with Crippen LogP contribution >= 0.6 is 11.6 Å². The molecule has 0 radical (unpaired) electrons. The average Bonchev–Trinajstić information content (AvgIpc) is 2.67. The minimum Gasteiger partial charge on any atom is -0.496 e. The van der Waals surface area contributed by atoms with Gasteiger partial charge in [0.2, 0.25) is 0 Å². The molecule has 18 heavy (non-hydrogen) atoms. The maximum absolute atomic E-state index is 9.02. The van der Waals surface area contributed by atoms with Gasteiger partial charge in [-0.3, -0.25) is 0 Å². The standard InChI is InChI=1S/C13H15ClN2O2/c1-16-10(7-8-17)12(14)15-13(16)9-5-3-4-6-11(9)18-2/h3-6,17H,7-8H2,1-2H3. The van der Waals surface area contributed by atoms with Gasteiger partial charge in [0.25, 0.3) is 0 Å². The number of aromatic nitrogens is 2. The molecule has 5 heteroatoms. The first-order valence-electron chi connectivity index (χ1n) is 5.64. The number of rotatable bonds is 4. The summed E-state index contributed by atoms with van der Waals surface area (Å²) in [6.07, 6.45) is 0.484. The van der Waals surface area contributed by atoms with E-state index in [0.717, 1.165) is 22.8 Å². The smallest absolute Gasteiger partial charge is 0.151 e. The molecular formula is C13H15ClN2O2. The Labute approximate surface area is 111 Å². The fourth-order valence-electron chi connectivity index (χ4n) is 1.95. The van der Waals surface area contributed by atoms with Gasteiger partial charge in [-0.1, -0.05) is 23.7 Å². The lowest BCUT2D eigenvalue weighted by atomic mass is 10.2. The summed E-state index contributed by atoms with van der Waals surface area (Å²) < 4.78 is 7.20. The molecule has 1 heterocycles. The Morgan fingerprint density at radius 1 is 1.39 bits per heavy atom. The van der Waals surface area contributed by atoms with Crippen molar-refractivity contribution < 1.29 is 9.84 Å². The highest BCUT2D eigenvalue weighted by Crippen LogP contribution is 2.31. The number of imidazole rings is 1. The lowest BCUT2D eigenvalue weighted by molar-refractivity contribution is 0.297. The van der Waals surface area contributed by atoms with Crippen LogP contribution in [0.25, 0.3) is 11.4 Å². The fourth-order valence-corrected chi connectivity index (χ4v) is 2.25. The number of hydrogen-bond donors (Lipinski definition) is 1. The third-order valence-corrected chi connectivity index (χ3v) is 3.16. The van der Waals surface area contributed by atoms with E-state index in [1.807, 2.05) is 35.9 Å². The van der Waals surface area contributed by atoms with Gasteiger partial charge in [0, 0.05) is 20.1 Å². The number of aliphatic hydroxyl groups is 1. The Bertz CT molecular complexity index is 552. The van der Waals surface area contributed by atoms with E-state index in [-0.39, 0.29) is 6.61 Å². The zero-order valence-corrected chi connectivity index (χ0v) is 11.1. The van der Waals surface area contributed by atoms with Gasteiger partial charge in [-0.05, 0) is 12.1 Å². The van der Waals surface area contributed by atoms with E-state index in [0.29, 0.717) is 11.6 Å². The summed E-state index contributed by atoms with van der Waals surface area (Å²) in [5.74, 6) is 1.48. The van der Waals surface area contributed by atoms with Crippen LogP contribution in [0.2, 0.25) is 5.15 Å². The van der Waals surface area contributed by atoms with Crippen LogP contribution in [0.3, 0.4) is 0 Å². The molecule has 0 atom stereocenters. The number of methoxy groups -OCH3 is 1. The third-order valence-electron chi connectivity index (χ3n) is 2.86. The highest BCUT2D eigenvalue weighted by atomic mass is 35.5. The van der Waals surface area contributed by atoms with Crippen molar-refractivity contribution in [2.24, 2.45) is 7.05 Å². The predicted molar refractivity (Wildman–Crippen MR) is 71.0 cm³/mol. The number of nitrogens with zero attached hydrogens (tertiary/aromatic N) is 2. The highest BCUT2D eigenvalue weighted by Gasteiger charge is 2.16. The maximum Gasteiger partial charge on any atom is 0.151 e. The van der Waals surface area contributed by atoms with Crippen LogP contribution < -0.4 is 4.74 Å². The van der Waals surface area contributed by atoms with Crippen molar-refractivity contribution in [3.63, 3.8) is 0 Å². The van der Waals surface area contributed by atoms with Crippen LogP contribution in [0.15, 0.2) is 24.3 Å². The number of benzene rings is 1. The summed E-state index contributed by atoms with van der Waals surface area (Å²) in [5, 5.41) is 9.45. The van der Waals surface area contributed by atoms with Gasteiger partial charge in [0.05, 0.1) is 18.4 Å². The molecule has 1 aromatic heterocycles. The van der Waals surface area contributed by atoms with E-state index < -0.39 is 0 Å². The molecule has 96 valence electrons. The van der Waals surface area contributed by atoms with Gasteiger partial charge in [0.1, 0.15) is 11.6 Å². The van der Waals surface area contributed by atoms with Gasteiger partial charge in [-0.25, -0.2) is 4.98 Å². The highest BCUT2D eigenvalue weighted by molar-refractivity contribution is 6.30. The average molecular weight is 267 g/mol. The van der Waals surface area contributed by atoms with Crippen molar-refractivity contribution in [2.45, 2.75) is 6.42 Å². The molecule has 2 aromatic rings. The van der Waals surface area contributed by atoms with Gasteiger partial charge in [-0.15, -0.1) is 0 Å². The molecule has 0 fully saturated rings. The molecular weight excluding hydrogens is 252 g/mol. The monoisotopic (exact) mass is 266 g/mol. The van der Waals surface area contributed by atoms with Crippen LogP contribution in [0.4, 0.5) is 0 Å². The first-order chi connectivity index (χ1) is 8.69. The van der Waals surface area contributed by atoms with Crippen LogP contribution in [0, 0.1) is 0 Å². The molecule has 0 saturated carbocycles. The summed E-state index contributed by atoms with van der Waals surface area (Å²) in [6, 6.07) is 7.64. The SMILES string of the molecule is COc1ccccc1-c1nc(Cl)c(CCO)n1C. The zero-order chi connectivity index (χ0) is 13.1. The molecule has 1 aromatic carbocycles. The second-order valence-corrected chi connectivity index (χ2v) is 4.26. The number of hydrogen-bond acceptors (Lipinski definition) is 3. The number of aliphatic hydroxyl groups excluding tert-OH is 1. The number of halogens is 1. The molecule has 0 aliphatic carbocycles. The van der Waals surface area contributed by atoms with Crippen LogP contribution in [-0.4, -0.2) is 28.4 Å². The van der Waals surface area contributed by atoms with Gasteiger partial charge in [0.15, 0.2) is 5.15 Å². The van der Waals surface area contributed by atoms with Crippen molar-refractivity contribution in [1.29, 1.82) is 0 Å². The first-order valence-corrected chi connectivity index (χ1v) is 6.02. The van der Waals surface area contributed by atoms with Crippen LogP contribution in [-0.2, 0) is 13.5 Å². The molecule has 0 aliphatic rings. The quantitative estimate of drug-likeness (QED) is 0.924. The summed E-state index contributed by atoms with van der Waals surface area (Å²) >= 11 is 6.09. The second-order valence-electron chi connectivity index (χ2n) is 3.91. The minimum absolute atomic E-state index is 0.0462. The third kappa shape index (κ3) is 2.21. The van der Waals surface area contributed by atoms with Gasteiger partial charge >= 0.3 is 0 Å². The topological polar surface area (TPSA) is 47.3 Å². The molecule has 4 nitrogen and oxygen atoms in total. The lowest BCUT2D eigenvalue weighted by Gasteiger charge is -2.09. The summed E-state index contributed by atoms with van der Waals surface area (Å²) in [4.78, 5) is 4.34. The van der Waals surface area contributed by atoms with E-state index in [1.54, 1.807) is 7.11 Å². The van der Waals surface area contributed by atoms with Crippen molar-refractivity contribution >= 4 is 11.6 Å². The summed E-state index contributed by atoms with van der Waals surface area (Å²) in [7, 11) is 3.50. The lowest BCUT2D eigenvalue weighted by Crippen LogP contribution is -2.02. The Morgan fingerprint density at radius 2 is 2.11 bits per heavy atom. The maximum atomic E-state index is 9.02.